The number of rotatable bonds is 6. The van der Waals surface area contributed by atoms with Crippen LogP contribution < -0.4 is 5.32 Å². The summed E-state index contributed by atoms with van der Waals surface area (Å²) in [5.41, 5.74) is 0. The van der Waals surface area contributed by atoms with E-state index < -0.39 is 0 Å². The maximum atomic E-state index is 11.4. The highest BCUT2D eigenvalue weighted by Crippen LogP contribution is 2.19. The Morgan fingerprint density at radius 3 is 2.71 bits per heavy atom. The molecule has 2 rings (SSSR count). The molecule has 0 unspecified atom stereocenters. The monoisotopic (exact) mass is 293 g/mol. The minimum absolute atomic E-state index is 0.110. The van der Waals surface area contributed by atoms with Gasteiger partial charge in [0.1, 0.15) is 11.5 Å². The molecule has 0 aromatic carbocycles. The number of hydrogen-bond acceptors (Lipinski definition) is 4. The largest absolute Gasteiger partial charge is 0.465 e. The first kappa shape index (κ1) is 16.0. The van der Waals surface area contributed by atoms with Crippen LogP contribution >= 0.6 is 0 Å². The average molecular weight is 293 g/mol. The molecule has 0 radical (unpaired) electrons. The van der Waals surface area contributed by atoms with E-state index in [1.54, 1.807) is 7.05 Å². The zero-order chi connectivity index (χ0) is 15.2. The first-order valence-electron chi connectivity index (χ1n) is 7.73. The summed E-state index contributed by atoms with van der Waals surface area (Å²) in [6, 6.07) is 4.07. The van der Waals surface area contributed by atoms with Gasteiger partial charge in [-0.05, 0) is 58.0 Å². The Kier molecular flexibility index (Phi) is 5.82. The smallest absolute Gasteiger partial charge is 0.233 e. The number of hydrogen-bond donors (Lipinski definition) is 1. The third kappa shape index (κ3) is 5.17. The second-order valence-corrected chi connectivity index (χ2v) is 6.10. The fourth-order valence-corrected chi connectivity index (χ4v) is 2.95. The molecule has 5 heteroatoms. The van der Waals surface area contributed by atoms with Crippen molar-refractivity contribution in [3.63, 3.8) is 0 Å². The van der Waals surface area contributed by atoms with Crippen LogP contribution in [0.4, 0.5) is 0 Å². The number of carbonyl (C=O) groups is 1. The van der Waals surface area contributed by atoms with Crippen molar-refractivity contribution in [2.45, 2.75) is 26.3 Å². The molecule has 1 N–H and O–H groups in total. The second-order valence-electron chi connectivity index (χ2n) is 6.10. The van der Waals surface area contributed by atoms with Gasteiger partial charge in [0.25, 0.3) is 0 Å². The number of furan rings is 1. The van der Waals surface area contributed by atoms with E-state index in [0.717, 1.165) is 37.7 Å². The van der Waals surface area contributed by atoms with Crippen molar-refractivity contribution in [3.8, 4) is 0 Å². The van der Waals surface area contributed by atoms with Crippen LogP contribution in [-0.2, 0) is 11.3 Å². The first-order valence-corrected chi connectivity index (χ1v) is 7.73. The maximum absolute atomic E-state index is 11.4. The molecule has 0 saturated carbocycles. The Hall–Kier alpha value is -1.33. The summed E-state index contributed by atoms with van der Waals surface area (Å²) in [4.78, 5) is 15.9. The SMILES string of the molecule is CNC(=O)CN1CCC(CN(C)Cc2ccc(C)o2)CC1. The molecule has 2 heterocycles. The number of aryl methyl sites for hydroxylation is 1. The summed E-state index contributed by atoms with van der Waals surface area (Å²) in [5, 5.41) is 2.69. The summed E-state index contributed by atoms with van der Waals surface area (Å²) in [7, 11) is 3.84. The lowest BCUT2D eigenvalue weighted by molar-refractivity contribution is -0.122. The minimum atomic E-state index is 0.110. The zero-order valence-electron chi connectivity index (χ0n) is 13.4. The van der Waals surface area contributed by atoms with Crippen LogP contribution in [0.5, 0.6) is 0 Å². The molecule has 1 aromatic heterocycles. The van der Waals surface area contributed by atoms with Crippen LogP contribution in [-0.4, -0.2) is 56.0 Å². The Balaban J connectivity index is 1.69. The highest BCUT2D eigenvalue weighted by molar-refractivity contribution is 5.77. The predicted molar refractivity (Wildman–Crippen MR) is 83.0 cm³/mol. The van der Waals surface area contributed by atoms with Crippen molar-refractivity contribution >= 4 is 5.91 Å². The van der Waals surface area contributed by atoms with Gasteiger partial charge in [-0.25, -0.2) is 0 Å². The number of amides is 1. The molecule has 5 nitrogen and oxygen atoms in total. The summed E-state index contributed by atoms with van der Waals surface area (Å²) in [5.74, 6) is 2.83. The molecule has 1 aliphatic rings. The Bertz CT molecular complexity index is 450. The molecule has 0 aliphatic carbocycles. The lowest BCUT2D eigenvalue weighted by Crippen LogP contribution is -2.42. The fourth-order valence-electron chi connectivity index (χ4n) is 2.95. The topological polar surface area (TPSA) is 48.7 Å². The van der Waals surface area contributed by atoms with Crippen molar-refractivity contribution in [2.24, 2.45) is 5.92 Å². The standard InChI is InChI=1S/C16H27N3O2/c1-13-4-5-15(21-13)11-18(3)10-14-6-8-19(9-7-14)12-16(20)17-2/h4-5,14H,6-12H2,1-3H3,(H,17,20). The van der Waals surface area contributed by atoms with Crippen LogP contribution in [0.1, 0.15) is 24.4 Å². The van der Waals surface area contributed by atoms with E-state index in [0.29, 0.717) is 12.5 Å². The maximum Gasteiger partial charge on any atom is 0.233 e. The molecule has 1 aliphatic heterocycles. The quantitative estimate of drug-likeness (QED) is 0.863. The van der Waals surface area contributed by atoms with Gasteiger partial charge in [0.05, 0.1) is 13.1 Å². The molecular formula is C16H27N3O2. The molecule has 1 amide bonds. The molecule has 1 fully saturated rings. The van der Waals surface area contributed by atoms with Gasteiger partial charge in [-0.2, -0.15) is 0 Å². The van der Waals surface area contributed by atoms with E-state index in [4.69, 9.17) is 4.42 Å². The molecule has 0 atom stereocenters. The number of nitrogens with zero attached hydrogens (tertiary/aromatic N) is 2. The Morgan fingerprint density at radius 2 is 2.14 bits per heavy atom. The van der Waals surface area contributed by atoms with E-state index in [1.165, 1.54) is 12.8 Å². The highest BCUT2D eigenvalue weighted by atomic mass is 16.3. The number of likely N-dealkylation sites (tertiary alicyclic amines) is 1. The zero-order valence-corrected chi connectivity index (χ0v) is 13.4. The van der Waals surface area contributed by atoms with Crippen LogP contribution in [0.25, 0.3) is 0 Å². The third-order valence-electron chi connectivity index (χ3n) is 4.14. The van der Waals surface area contributed by atoms with Gasteiger partial charge in [-0.15, -0.1) is 0 Å². The second kappa shape index (κ2) is 7.61. The number of likely N-dealkylation sites (N-methyl/N-ethyl adjacent to an activating group) is 1. The van der Waals surface area contributed by atoms with Gasteiger partial charge in [0.15, 0.2) is 0 Å². The van der Waals surface area contributed by atoms with Gasteiger partial charge in [-0.1, -0.05) is 0 Å². The molecule has 0 bridgehead atoms. The summed E-state index contributed by atoms with van der Waals surface area (Å²) in [6.07, 6.45) is 2.33. The molecule has 21 heavy (non-hydrogen) atoms. The van der Waals surface area contributed by atoms with Gasteiger partial charge < -0.3 is 9.73 Å². The van der Waals surface area contributed by atoms with E-state index in [-0.39, 0.29) is 5.91 Å². The van der Waals surface area contributed by atoms with Crippen molar-refractivity contribution < 1.29 is 9.21 Å². The molecule has 118 valence electrons. The van der Waals surface area contributed by atoms with Gasteiger partial charge in [-0.3, -0.25) is 14.6 Å². The highest BCUT2D eigenvalue weighted by Gasteiger charge is 2.21. The van der Waals surface area contributed by atoms with Crippen molar-refractivity contribution in [1.29, 1.82) is 0 Å². The van der Waals surface area contributed by atoms with Gasteiger partial charge in [0, 0.05) is 13.6 Å². The molecule has 0 spiro atoms. The number of piperidine rings is 1. The van der Waals surface area contributed by atoms with Crippen LogP contribution in [0.3, 0.4) is 0 Å². The molecule has 1 saturated heterocycles. The molecule has 1 aromatic rings. The van der Waals surface area contributed by atoms with Crippen LogP contribution in [0, 0.1) is 12.8 Å². The fraction of sp³-hybridized carbons (Fsp3) is 0.688. The Labute approximate surface area is 127 Å². The normalized spacial score (nSPS) is 17.3. The average Bonchev–Trinajstić information content (AvgIpc) is 2.86. The van der Waals surface area contributed by atoms with Crippen molar-refractivity contribution in [3.05, 3.63) is 23.7 Å². The van der Waals surface area contributed by atoms with Crippen LogP contribution in [0.2, 0.25) is 0 Å². The van der Waals surface area contributed by atoms with E-state index in [2.05, 4.69) is 28.2 Å². The summed E-state index contributed by atoms with van der Waals surface area (Å²) in [6.45, 7) is 6.51. The Morgan fingerprint density at radius 1 is 1.43 bits per heavy atom. The number of nitrogens with one attached hydrogen (secondary N) is 1. The van der Waals surface area contributed by atoms with E-state index in [1.807, 2.05) is 13.0 Å². The lowest BCUT2D eigenvalue weighted by atomic mass is 9.96. The summed E-state index contributed by atoms with van der Waals surface area (Å²) >= 11 is 0. The van der Waals surface area contributed by atoms with Crippen LogP contribution in [0.15, 0.2) is 16.5 Å². The van der Waals surface area contributed by atoms with Gasteiger partial charge in [0.2, 0.25) is 5.91 Å². The minimum Gasteiger partial charge on any atom is -0.465 e. The predicted octanol–water partition coefficient (Wildman–Crippen LogP) is 1.48. The molecular weight excluding hydrogens is 266 g/mol. The van der Waals surface area contributed by atoms with Gasteiger partial charge >= 0.3 is 0 Å². The number of carbonyl (C=O) groups excluding carboxylic acids is 1. The first-order chi connectivity index (χ1) is 10.1. The summed E-state index contributed by atoms with van der Waals surface area (Å²) < 4.78 is 5.62. The van der Waals surface area contributed by atoms with Crippen molar-refractivity contribution in [1.82, 2.24) is 15.1 Å². The van der Waals surface area contributed by atoms with E-state index in [9.17, 15) is 4.79 Å². The van der Waals surface area contributed by atoms with E-state index >= 15 is 0 Å². The van der Waals surface area contributed by atoms with Crippen molar-refractivity contribution in [2.75, 3.05) is 40.3 Å². The lowest BCUT2D eigenvalue weighted by Gasteiger charge is -2.33. The third-order valence-corrected chi connectivity index (χ3v) is 4.14.